The van der Waals surface area contributed by atoms with Crippen molar-refractivity contribution in [1.29, 1.82) is 0 Å². The summed E-state index contributed by atoms with van der Waals surface area (Å²) in [7, 11) is 0. The smallest absolute Gasteiger partial charge is 0.351 e. The number of amides is 1. The van der Waals surface area contributed by atoms with Crippen LogP contribution in [0.2, 0.25) is 0 Å². The minimum atomic E-state index is -0.575. The molecular formula is C17H19N7O5. The lowest BCUT2D eigenvalue weighted by atomic mass is 10.1. The second kappa shape index (κ2) is 8.91. The summed E-state index contributed by atoms with van der Waals surface area (Å²) < 4.78 is 0. The van der Waals surface area contributed by atoms with Crippen LogP contribution in [0.15, 0.2) is 30.6 Å². The van der Waals surface area contributed by atoms with Crippen molar-refractivity contribution >= 4 is 28.9 Å². The van der Waals surface area contributed by atoms with Crippen molar-refractivity contribution < 1.29 is 14.6 Å². The first kappa shape index (κ1) is 19.9. The molecule has 0 radical (unpaired) electrons. The number of anilines is 2. The zero-order valence-corrected chi connectivity index (χ0v) is 15.4. The van der Waals surface area contributed by atoms with Crippen LogP contribution in [0.1, 0.15) is 24.8 Å². The van der Waals surface area contributed by atoms with Gasteiger partial charge in [0.1, 0.15) is 6.33 Å². The van der Waals surface area contributed by atoms with E-state index in [1.54, 1.807) is 0 Å². The van der Waals surface area contributed by atoms with Crippen LogP contribution in [0, 0.1) is 20.2 Å². The molecule has 0 unspecified atom stereocenters. The lowest BCUT2D eigenvalue weighted by molar-refractivity contribution is -0.384. The Hall–Kier alpha value is -3.83. The number of hydrogen-bond acceptors (Lipinski definition) is 9. The molecule has 0 atom stereocenters. The van der Waals surface area contributed by atoms with Gasteiger partial charge in [-0.2, -0.15) is 0 Å². The average molecular weight is 401 g/mol. The first-order valence-electron chi connectivity index (χ1n) is 8.98. The van der Waals surface area contributed by atoms with E-state index in [2.05, 4.69) is 20.8 Å². The largest absolute Gasteiger partial charge is 0.355 e. The number of carbonyl (C=O) groups is 1. The van der Waals surface area contributed by atoms with Crippen molar-refractivity contribution in [2.45, 2.75) is 25.7 Å². The molecule has 1 aromatic heterocycles. The van der Waals surface area contributed by atoms with Crippen LogP contribution < -0.4 is 15.8 Å². The number of hydrogen-bond donors (Lipinski definition) is 2. The Morgan fingerprint density at radius 3 is 2.34 bits per heavy atom. The highest BCUT2D eigenvalue weighted by Gasteiger charge is 2.28. The molecule has 3 rings (SSSR count). The number of hydrazine groups is 1. The number of carbonyl (C=O) groups excluding carboxylic acids is 1. The van der Waals surface area contributed by atoms with E-state index < -0.39 is 15.8 Å². The van der Waals surface area contributed by atoms with Gasteiger partial charge < -0.3 is 4.90 Å². The summed E-state index contributed by atoms with van der Waals surface area (Å²) in [5.41, 5.74) is 5.05. The van der Waals surface area contributed by atoms with Gasteiger partial charge in [-0.05, 0) is 24.8 Å². The highest BCUT2D eigenvalue weighted by molar-refractivity contribution is 5.81. The van der Waals surface area contributed by atoms with Crippen molar-refractivity contribution in [3.05, 3.63) is 56.4 Å². The lowest BCUT2D eigenvalue weighted by Gasteiger charge is -2.27. The summed E-state index contributed by atoms with van der Waals surface area (Å²) in [5, 5.41) is 22.3. The fourth-order valence-corrected chi connectivity index (χ4v) is 3.06. The summed E-state index contributed by atoms with van der Waals surface area (Å²) in [6, 6.07) is 5.55. The summed E-state index contributed by atoms with van der Waals surface area (Å²) in [6.07, 6.45) is 4.07. The molecule has 0 spiro atoms. The van der Waals surface area contributed by atoms with Gasteiger partial charge >= 0.3 is 5.69 Å². The van der Waals surface area contributed by atoms with Crippen molar-refractivity contribution in [3.8, 4) is 0 Å². The predicted octanol–water partition coefficient (Wildman–Crippen LogP) is 1.97. The molecule has 1 aromatic carbocycles. The number of nitro benzene ring substituents is 1. The highest BCUT2D eigenvalue weighted by Crippen LogP contribution is 2.32. The van der Waals surface area contributed by atoms with E-state index in [0.717, 1.165) is 19.3 Å². The third-order valence-electron chi connectivity index (χ3n) is 4.47. The predicted molar refractivity (Wildman–Crippen MR) is 103 cm³/mol. The minimum Gasteiger partial charge on any atom is -0.351 e. The van der Waals surface area contributed by atoms with Crippen LogP contribution in [0.5, 0.6) is 0 Å². The fraction of sp³-hybridized carbons (Fsp3) is 0.353. The number of nitro groups is 2. The Kier molecular flexibility index (Phi) is 6.12. The first-order chi connectivity index (χ1) is 14.0. The van der Waals surface area contributed by atoms with Gasteiger partial charge in [0, 0.05) is 25.2 Å². The molecule has 1 aliphatic heterocycles. The van der Waals surface area contributed by atoms with E-state index in [-0.39, 0.29) is 29.4 Å². The van der Waals surface area contributed by atoms with Gasteiger partial charge in [-0.25, -0.2) is 9.97 Å². The molecule has 2 aromatic rings. The molecule has 12 nitrogen and oxygen atoms in total. The van der Waals surface area contributed by atoms with E-state index in [0.29, 0.717) is 18.7 Å². The molecule has 0 bridgehead atoms. The minimum absolute atomic E-state index is 0.0666. The van der Waals surface area contributed by atoms with Gasteiger partial charge in [0.25, 0.3) is 5.69 Å². The van der Waals surface area contributed by atoms with Gasteiger partial charge in [0.05, 0.1) is 16.3 Å². The molecule has 0 saturated carbocycles. The van der Waals surface area contributed by atoms with E-state index in [1.807, 2.05) is 4.90 Å². The molecule has 1 aliphatic rings. The molecule has 12 heteroatoms. The summed E-state index contributed by atoms with van der Waals surface area (Å²) in [4.78, 5) is 43.1. The number of benzene rings is 1. The number of rotatable bonds is 7. The van der Waals surface area contributed by atoms with Crippen molar-refractivity contribution in [2.75, 3.05) is 23.4 Å². The van der Waals surface area contributed by atoms with Crippen LogP contribution in [-0.4, -0.2) is 38.8 Å². The van der Waals surface area contributed by atoms with Gasteiger partial charge in [-0.3, -0.25) is 35.9 Å². The molecule has 0 aliphatic carbocycles. The fourth-order valence-electron chi connectivity index (χ4n) is 3.06. The molecule has 152 valence electrons. The molecule has 2 N–H and O–H groups in total. The molecule has 1 fully saturated rings. The second-order valence-corrected chi connectivity index (χ2v) is 6.47. The van der Waals surface area contributed by atoms with Crippen LogP contribution in [0.4, 0.5) is 23.0 Å². The van der Waals surface area contributed by atoms with Crippen molar-refractivity contribution in [1.82, 2.24) is 15.4 Å². The van der Waals surface area contributed by atoms with E-state index in [1.165, 1.54) is 30.6 Å². The SMILES string of the molecule is O=C(Cc1ccc([N+](=O)[O-])cc1)NNc1ncnc(N2CCCCC2)c1[N+](=O)[O-]. The standard InChI is InChI=1S/C17H19N7O5/c25-14(10-12-4-6-13(7-5-12)23(26)27)20-21-16-15(24(28)29)17(19-11-18-16)22-8-2-1-3-9-22/h4-7,11H,1-3,8-10H2,(H,20,25)(H,18,19,21). The van der Waals surface area contributed by atoms with Gasteiger partial charge in [-0.15, -0.1) is 0 Å². The summed E-state index contributed by atoms with van der Waals surface area (Å²) in [5.74, 6) is -0.370. The molecule has 1 saturated heterocycles. The Morgan fingerprint density at radius 2 is 1.72 bits per heavy atom. The van der Waals surface area contributed by atoms with Gasteiger partial charge in [0.15, 0.2) is 0 Å². The van der Waals surface area contributed by atoms with Crippen LogP contribution in [0.3, 0.4) is 0 Å². The zero-order valence-electron chi connectivity index (χ0n) is 15.4. The zero-order chi connectivity index (χ0) is 20.8. The maximum Gasteiger partial charge on any atom is 0.355 e. The summed E-state index contributed by atoms with van der Waals surface area (Å²) in [6.45, 7) is 1.34. The number of non-ortho nitro benzene ring substituents is 1. The van der Waals surface area contributed by atoms with Gasteiger partial charge in [-0.1, -0.05) is 12.1 Å². The average Bonchev–Trinajstić information content (AvgIpc) is 2.73. The third-order valence-corrected chi connectivity index (χ3v) is 4.47. The van der Waals surface area contributed by atoms with Crippen molar-refractivity contribution in [3.63, 3.8) is 0 Å². The molecular weight excluding hydrogens is 382 g/mol. The lowest BCUT2D eigenvalue weighted by Crippen LogP contribution is -2.33. The van der Waals surface area contributed by atoms with Gasteiger partial charge in [0.2, 0.25) is 17.5 Å². The van der Waals surface area contributed by atoms with Crippen molar-refractivity contribution in [2.24, 2.45) is 0 Å². The molecule has 2 heterocycles. The topological polar surface area (TPSA) is 156 Å². The van der Waals surface area contributed by atoms with E-state index in [4.69, 9.17) is 0 Å². The van der Waals surface area contributed by atoms with Crippen LogP contribution in [0.25, 0.3) is 0 Å². The number of aromatic nitrogens is 2. The normalized spacial score (nSPS) is 13.6. The first-order valence-corrected chi connectivity index (χ1v) is 8.98. The van der Waals surface area contributed by atoms with Crippen LogP contribution in [-0.2, 0) is 11.2 Å². The second-order valence-electron chi connectivity index (χ2n) is 6.47. The maximum atomic E-state index is 12.1. The number of nitrogens with one attached hydrogen (secondary N) is 2. The Labute approximate surface area is 165 Å². The monoisotopic (exact) mass is 401 g/mol. The Balaban J connectivity index is 1.68. The highest BCUT2D eigenvalue weighted by atomic mass is 16.6. The quantitative estimate of drug-likeness (QED) is 0.523. The van der Waals surface area contributed by atoms with E-state index >= 15 is 0 Å². The summed E-state index contributed by atoms with van der Waals surface area (Å²) >= 11 is 0. The number of piperidine rings is 1. The number of nitrogens with zero attached hydrogens (tertiary/aromatic N) is 5. The molecule has 1 amide bonds. The van der Waals surface area contributed by atoms with E-state index in [9.17, 15) is 25.0 Å². The van der Waals surface area contributed by atoms with Crippen LogP contribution >= 0.6 is 0 Å². The third kappa shape index (κ3) is 4.91. The molecule has 29 heavy (non-hydrogen) atoms. The maximum absolute atomic E-state index is 12.1. The Morgan fingerprint density at radius 1 is 1.03 bits per heavy atom. The Bertz CT molecular complexity index is 913.